The number of H-pyrrole nitrogens is 1. The fraction of sp³-hybridized carbons (Fsp3) is 0. The first-order valence-electron chi connectivity index (χ1n) is 4.04. The molecule has 3 nitrogen and oxygen atoms in total. The molecule has 0 radical (unpaired) electrons. The zero-order valence-corrected chi connectivity index (χ0v) is 8.01. The molecule has 0 unspecified atom stereocenters. The molecular weight excluding hydrogens is 198 g/mol. The van der Waals surface area contributed by atoms with Gasteiger partial charge in [-0.25, -0.2) is 0 Å². The molecule has 2 heterocycles. The van der Waals surface area contributed by atoms with Gasteiger partial charge in [0.05, 0.1) is 4.88 Å². The summed E-state index contributed by atoms with van der Waals surface area (Å²) in [5.74, 6) is 0. The molecule has 70 valence electrons. The SMILES string of the molecule is O=Cc1ccc(-c2cc[nH]c(=O)c2)s1. The molecule has 2 rings (SSSR count). The predicted octanol–water partition coefficient (Wildman–Crippen LogP) is 1.92. The molecule has 0 saturated carbocycles. The minimum absolute atomic E-state index is 0.136. The summed E-state index contributed by atoms with van der Waals surface area (Å²) in [7, 11) is 0. The number of aromatic nitrogens is 1. The molecule has 0 aliphatic heterocycles. The maximum Gasteiger partial charge on any atom is 0.248 e. The number of pyridine rings is 1. The first kappa shape index (κ1) is 8.90. The third-order valence-corrected chi connectivity index (χ3v) is 2.86. The number of aromatic amines is 1. The van der Waals surface area contributed by atoms with E-state index >= 15 is 0 Å². The Balaban J connectivity index is 2.49. The molecule has 1 N–H and O–H groups in total. The van der Waals surface area contributed by atoms with E-state index < -0.39 is 0 Å². The van der Waals surface area contributed by atoms with E-state index in [9.17, 15) is 9.59 Å². The van der Waals surface area contributed by atoms with E-state index in [-0.39, 0.29) is 5.56 Å². The molecule has 0 spiro atoms. The number of rotatable bonds is 2. The summed E-state index contributed by atoms with van der Waals surface area (Å²) in [6, 6.07) is 6.90. The number of thiophene rings is 1. The first-order chi connectivity index (χ1) is 6.79. The van der Waals surface area contributed by atoms with E-state index in [0.717, 1.165) is 16.7 Å². The van der Waals surface area contributed by atoms with Crippen molar-refractivity contribution in [3.05, 3.63) is 45.7 Å². The molecule has 0 aliphatic rings. The number of hydrogen-bond acceptors (Lipinski definition) is 3. The Morgan fingerprint density at radius 3 is 2.79 bits per heavy atom. The molecule has 2 aromatic heterocycles. The molecule has 2 aromatic rings. The standard InChI is InChI=1S/C10H7NO2S/c12-6-8-1-2-9(14-8)7-3-4-11-10(13)5-7/h1-6H,(H,11,13). The Morgan fingerprint density at radius 2 is 2.14 bits per heavy atom. The smallest absolute Gasteiger partial charge is 0.248 e. The average molecular weight is 205 g/mol. The van der Waals surface area contributed by atoms with Crippen LogP contribution in [0.1, 0.15) is 9.67 Å². The van der Waals surface area contributed by atoms with Crippen molar-refractivity contribution in [1.82, 2.24) is 4.98 Å². The summed E-state index contributed by atoms with van der Waals surface area (Å²) in [6.07, 6.45) is 2.40. The molecule has 0 saturated heterocycles. The molecule has 0 atom stereocenters. The lowest BCUT2D eigenvalue weighted by Crippen LogP contribution is -2.01. The van der Waals surface area contributed by atoms with Gasteiger partial charge in [-0.2, -0.15) is 0 Å². The topological polar surface area (TPSA) is 49.9 Å². The third-order valence-electron chi connectivity index (χ3n) is 1.80. The van der Waals surface area contributed by atoms with Gasteiger partial charge < -0.3 is 4.98 Å². The van der Waals surface area contributed by atoms with Gasteiger partial charge in [0.25, 0.3) is 0 Å². The molecule has 14 heavy (non-hydrogen) atoms. The van der Waals surface area contributed by atoms with Crippen LogP contribution in [-0.2, 0) is 0 Å². The molecule has 0 bridgehead atoms. The van der Waals surface area contributed by atoms with Crippen molar-refractivity contribution in [2.45, 2.75) is 0 Å². The van der Waals surface area contributed by atoms with Gasteiger partial charge in [0.2, 0.25) is 5.56 Å². The first-order valence-corrected chi connectivity index (χ1v) is 4.85. The monoisotopic (exact) mass is 205 g/mol. The number of aldehydes is 1. The Bertz CT molecular complexity index is 513. The molecule has 0 aromatic carbocycles. The number of nitrogens with one attached hydrogen (secondary N) is 1. The average Bonchev–Trinajstić information content (AvgIpc) is 2.66. The van der Waals surface area contributed by atoms with Crippen LogP contribution in [0.3, 0.4) is 0 Å². The van der Waals surface area contributed by atoms with Crippen LogP contribution in [0, 0.1) is 0 Å². The molecule has 4 heteroatoms. The van der Waals surface area contributed by atoms with Gasteiger partial charge in [-0.3, -0.25) is 9.59 Å². The van der Waals surface area contributed by atoms with Gasteiger partial charge in [0.15, 0.2) is 6.29 Å². The molecular formula is C10H7NO2S. The minimum atomic E-state index is -0.136. The second kappa shape index (κ2) is 3.59. The van der Waals surface area contributed by atoms with Gasteiger partial charge in [0, 0.05) is 17.1 Å². The fourth-order valence-corrected chi connectivity index (χ4v) is 1.99. The summed E-state index contributed by atoms with van der Waals surface area (Å²) < 4.78 is 0. The molecule has 0 aliphatic carbocycles. The number of carbonyl (C=O) groups is 1. The lowest BCUT2D eigenvalue weighted by Gasteiger charge is -1.93. The quantitative estimate of drug-likeness (QED) is 0.761. The molecule has 0 fully saturated rings. The Morgan fingerprint density at radius 1 is 1.29 bits per heavy atom. The summed E-state index contributed by atoms with van der Waals surface area (Å²) in [5, 5.41) is 0. The van der Waals surface area contributed by atoms with Crippen molar-refractivity contribution >= 4 is 17.6 Å². The summed E-state index contributed by atoms with van der Waals surface area (Å²) in [4.78, 5) is 25.6. The van der Waals surface area contributed by atoms with Crippen molar-refractivity contribution < 1.29 is 4.79 Å². The largest absolute Gasteiger partial charge is 0.329 e. The van der Waals surface area contributed by atoms with Crippen LogP contribution in [-0.4, -0.2) is 11.3 Å². The van der Waals surface area contributed by atoms with Crippen LogP contribution in [0.2, 0.25) is 0 Å². The van der Waals surface area contributed by atoms with Crippen LogP contribution < -0.4 is 5.56 Å². The van der Waals surface area contributed by atoms with Crippen LogP contribution in [0.15, 0.2) is 35.3 Å². The van der Waals surface area contributed by atoms with E-state index in [1.54, 1.807) is 12.3 Å². The fourth-order valence-electron chi connectivity index (χ4n) is 1.17. The van der Waals surface area contributed by atoms with Crippen LogP contribution in [0.25, 0.3) is 10.4 Å². The van der Waals surface area contributed by atoms with Crippen molar-refractivity contribution in [2.75, 3.05) is 0 Å². The summed E-state index contributed by atoms with van der Waals surface area (Å²) in [6.45, 7) is 0. The van der Waals surface area contributed by atoms with E-state index in [4.69, 9.17) is 0 Å². The Hall–Kier alpha value is -1.68. The Kier molecular flexibility index (Phi) is 2.28. The lowest BCUT2D eigenvalue weighted by atomic mass is 10.2. The van der Waals surface area contributed by atoms with Crippen molar-refractivity contribution in [2.24, 2.45) is 0 Å². The zero-order chi connectivity index (χ0) is 9.97. The Labute approximate surface area is 84.0 Å². The second-order valence-corrected chi connectivity index (χ2v) is 3.88. The van der Waals surface area contributed by atoms with E-state index in [1.165, 1.54) is 17.4 Å². The van der Waals surface area contributed by atoms with E-state index in [2.05, 4.69) is 4.98 Å². The van der Waals surface area contributed by atoms with Crippen LogP contribution in [0.5, 0.6) is 0 Å². The zero-order valence-electron chi connectivity index (χ0n) is 7.19. The highest BCUT2D eigenvalue weighted by molar-refractivity contribution is 7.17. The van der Waals surface area contributed by atoms with E-state index in [1.807, 2.05) is 12.1 Å². The summed E-state index contributed by atoms with van der Waals surface area (Å²) >= 11 is 1.37. The lowest BCUT2D eigenvalue weighted by molar-refractivity contribution is 0.112. The predicted molar refractivity (Wildman–Crippen MR) is 55.8 cm³/mol. The van der Waals surface area contributed by atoms with Crippen molar-refractivity contribution in [3.63, 3.8) is 0 Å². The summed E-state index contributed by atoms with van der Waals surface area (Å²) in [5.41, 5.74) is 0.704. The normalized spacial score (nSPS) is 10.0. The van der Waals surface area contributed by atoms with E-state index in [0.29, 0.717) is 4.88 Å². The van der Waals surface area contributed by atoms with Gasteiger partial charge in [-0.15, -0.1) is 11.3 Å². The minimum Gasteiger partial charge on any atom is -0.329 e. The number of hydrogen-bond donors (Lipinski definition) is 1. The second-order valence-electron chi connectivity index (χ2n) is 2.76. The number of carbonyl (C=O) groups excluding carboxylic acids is 1. The van der Waals surface area contributed by atoms with Crippen LogP contribution in [0.4, 0.5) is 0 Å². The van der Waals surface area contributed by atoms with Crippen molar-refractivity contribution in [3.8, 4) is 10.4 Å². The van der Waals surface area contributed by atoms with Gasteiger partial charge >= 0.3 is 0 Å². The maximum absolute atomic E-state index is 11.0. The van der Waals surface area contributed by atoms with Crippen LogP contribution >= 0.6 is 11.3 Å². The van der Waals surface area contributed by atoms with Gasteiger partial charge in [-0.05, 0) is 23.8 Å². The molecule has 0 amide bonds. The highest BCUT2D eigenvalue weighted by Crippen LogP contribution is 2.25. The van der Waals surface area contributed by atoms with Crippen molar-refractivity contribution in [1.29, 1.82) is 0 Å². The highest BCUT2D eigenvalue weighted by atomic mass is 32.1. The van der Waals surface area contributed by atoms with Gasteiger partial charge in [0.1, 0.15) is 0 Å². The van der Waals surface area contributed by atoms with Gasteiger partial charge in [-0.1, -0.05) is 0 Å². The highest BCUT2D eigenvalue weighted by Gasteiger charge is 2.01. The third kappa shape index (κ3) is 1.65. The maximum atomic E-state index is 11.0.